The molecule has 1 atom stereocenters. The van der Waals surface area contributed by atoms with Crippen molar-refractivity contribution in [1.29, 1.82) is 0 Å². The molecule has 0 saturated heterocycles. The maximum Gasteiger partial charge on any atom is 0.258 e. The third kappa shape index (κ3) is 4.38. The van der Waals surface area contributed by atoms with Gasteiger partial charge >= 0.3 is 0 Å². The van der Waals surface area contributed by atoms with Crippen LogP contribution in [0.4, 0.5) is 14.5 Å². The molecule has 0 spiro atoms. The Morgan fingerprint density at radius 1 is 1.24 bits per heavy atom. The molecule has 0 aromatic heterocycles. The Labute approximate surface area is 105 Å². The largest absolute Gasteiger partial charge is 0.489 e. The first-order valence-electron chi connectivity index (χ1n) is 5.41. The van der Waals surface area contributed by atoms with Crippen LogP contribution < -0.4 is 10.1 Å². The molecule has 2 nitrogen and oxygen atoms in total. The van der Waals surface area contributed by atoms with Gasteiger partial charge in [0, 0.05) is 5.69 Å². The molecule has 5 heteroatoms. The summed E-state index contributed by atoms with van der Waals surface area (Å²) in [6, 6.07) is 4.01. The van der Waals surface area contributed by atoms with Crippen molar-refractivity contribution in [2.45, 2.75) is 39.3 Å². The van der Waals surface area contributed by atoms with Gasteiger partial charge in [0.2, 0.25) is 0 Å². The molecule has 1 N–H and O–H groups in total. The Balaban J connectivity index is 2.75. The Bertz CT molecular complexity index is 372. The Hall–Kier alpha value is -1.03. The Kier molecular flexibility index (Phi) is 5.00. The van der Waals surface area contributed by atoms with E-state index in [4.69, 9.17) is 16.3 Å². The SMILES string of the molecule is CC(C)Oc1ccc(NC(C)C(F)F)cc1Cl. The minimum Gasteiger partial charge on any atom is -0.489 e. The van der Waals surface area contributed by atoms with Gasteiger partial charge in [-0.15, -0.1) is 0 Å². The molecule has 1 unspecified atom stereocenters. The van der Waals surface area contributed by atoms with Gasteiger partial charge in [-0.2, -0.15) is 0 Å². The van der Waals surface area contributed by atoms with Crippen molar-refractivity contribution in [3.8, 4) is 5.75 Å². The molecular weight excluding hydrogens is 248 g/mol. The van der Waals surface area contributed by atoms with E-state index in [1.807, 2.05) is 13.8 Å². The summed E-state index contributed by atoms with van der Waals surface area (Å²) in [7, 11) is 0. The van der Waals surface area contributed by atoms with Crippen LogP contribution in [0.3, 0.4) is 0 Å². The molecule has 0 bridgehead atoms. The summed E-state index contributed by atoms with van der Waals surface area (Å²) in [5.74, 6) is 0.553. The minimum absolute atomic E-state index is 0.0197. The highest BCUT2D eigenvalue weighted by Crippen LogP contribution is 2.29. The van der Waals surface area contributed by atoms with E-state index in [9.17, 15) is 8.78 Å². The van der Waals surface area contributed by atoms with Crippen molar-refractivity contribution in [1.82, 2.24) is 0 Å². The predicted molar refractivity (Wildman–Crippen MR) is 66.3 cm³/mol. The maximum absolute atomic E-state index is 12.3. The second kappa shape index (κ2) is 6.05. The summed E-state index contributed by atoms with van der Waals surface area (Å²) in [5.41, 5.74) is 0.555. The lowest BCUT2D eigenvalue weighted by Crippen LogP contribution is -2.23. The van der Waals surface area contributed by atoms with Crippen LogP contribution in [0.25, 0.3) is 0 Å². The highest BCUT2D eigenvalue weighted by molar-refractivity contribution is 6.32. The summed E-state index contributed by atoms with van der Waals surface area (Å²) >= 11 is 5.98. The first-order chi connectivity index (χ1) is 7.90. The van der Waals surface area contributed by atoms with Crippen LogP contribution in [0.15, 0.2) is 18.2 Å². The first-order valence-corrected chi connectivity index (χ1v) is 5.79. The van der Waals surface area contributed by atoms with Gasteiger partial charge in [-0.1, -0.05) is 11.6 Å². The smallest absolute Gasteiger partial charge is 0.258 e. The number of halogens is 3. The topological polar surface area (TPSA) is 21.3 Å². The number of ether oxygens (including phenoxy) is 1. The van der Waals surface area contributed by atoms with Gasteiger partial charge in [0.05, 0.1) is 17.2 Å². The lowest BCUT2D eigenvalue weighted by Gasteiger charge is -2.16. The van der Waals surface area contributed by atoms with E-state index >= 15 is 0 Å². The van der Waals surface area contributed by atoms with Crippen LogP contribution in [0.5, 0.6) is 5.75 Å². The average molecular weight is 264 g/mol. The highest BCUT2D eigenvalue weighted by atomic mass is 35.5. The molecule has 0 saturated carbocycles. The summed E-state index contributed by atoms with van der Waals surface area (Å²) in [5, 5.41) is 3.08. The second-order valence-electron chi connectivity index (χ2n) is 4.08. The number of alkyl halides is 2. The van der Waals surface area contributed by atoms with E-state index in [0.29, 0.717) is 16.5 Å². The van der Waals surface area contributed by atoms with E-state index in [1.54, 1.807) is 18.2 Å². The quantitative estimate of drug-likeness (QED) is 0.860. The van der Waals surface area contributed by atoms with Crippen molar-refractivity contribution >= 4 is 17.3 Å². The van der Waals surface area contributed by atoms with E-state index in [2.05, 4.69) is 5.32 Å². The lowest BCUT2D eigenvalue weighted by atomic mass is 10.2. The fourth-order valence-electron chi connectivity index (χ4n) is 1.27. The third-order valence-electron chi connectivity index (χ3n) is 2.07. The normalized spacial score (nSPS) is 12.9. The Morgan fingerprint density at radius 3 is 2.35 bits per heavy atom. The van der Waals surface area contributed by atoms with Gasteiger partial charge < -0.3 is 10.1 Å². The molecule has 0 aliphatic heterocycles. The van der Waals surface area contributed by atoms with Crippen molar-refractivity contribution < 1.29 is 13.5 Å². The van der Waals surface area contributed by atoms with Crippen molar-refractivity contribution in [3.63, 3.8) is 0 Å². The van der Waals surface area contributed by atoms with Gasteiger partial charge in [-0.25, -0.2) is 8.78 Å². The van der Waals surface area contributed by atoms with E-state index < -0.39 is 12.5 Å². The molecule has 0 radical (unpaired) electrons. The van der Waals surface area contributed by atoms with Crippen LogP contribution in [0, 0.1) is 0 Å². The molecule has 17 heavy (non-hydrogen) atoms. The van der Waals surface area contributed by atoms with E-state index in [0.717, 1.165) is 0 Å². The zero-order valence-corrected chi connectivity index (χ0v) is 10.8. The number of nitrogens with one attached hydrogen (secondary N) is 1. The third-order valence-corrected chi connectivity index (χ3v) is 2.36. The van der Waals surface area contributed by atoms with Crippen molar-refractivity contribution in [2.24, 2.45) is 0 Å². The molecule has 0 amide bonds. The van der Waals surface area contributed by atoms with Gasteiger partial charge in [-0.05, 0) is 39.0 Å². The average Bonchev–Trinajstić information content (AvgIpc) is 2.21. The second-order valence-corrected chi connectivity index (χ2v) is 4.49. The summed E-state index contributed by atoms with van der Waals surface area (Å²) < 4.78 is 30.1. The predicted octanol–water partition coefficient (Wildman–Crippen LogP) is 4.19. The van der Waals surface area contributed by atoms with Gasteiger partial charge in [0.25, 0.3) is 6.43 Å². The van der Waals surface area contributed by atoms with Crippen LogP contribution in [-0.4, -0.2) is 18.6 Å². The number of hydrogen-bond acceptors (Lipinski definition) is 2. The summed E-state index contributed by atoms with van der Waals surface area (Å²) in [6.45, 7) is 5.19. The van der Waals surface area contributed by atoms with Crippen molar-refractivity contribution in [2.75, 3.05) is 5.32 Å². The van der Waals surface area contributed by atoms with Crippen LogP contribution >= 0.6 is 11.6 Å². The molecule has 1 aromatic rings. The first kappa shape index (κ1) is 14.0. The Morgan fingerprint density at radius 2 is 1.88 bits per heavy atom. The number of benzene rings is 1. The number of hydrogen-bond donors (Lipinski definition) is 1. The van der Waals surface area contributed by atoms with E-state index in [1.165, 1.54) is 6.92 Å². The van der Waals surface area contributed by atoms with Gasteiger partial charge in [0.15, 0.2) is 0 Å². The molecule has 0 aliphatic carbocycles. The molecule has 1 rings (SSSR count). The molecule has 1 aromatic carbocycles. The summed E-state index contributed by atoms with van der Waals surface area (Å²) in [4.78, 5) is 0. The van der Waals surface area contributed by atoms with Gasteiger partial charge in [0.1, 0.15) is 5.75 Å². The maximum atomic E-state index is 12.3. The van der Waals surface area contributed by atoms with Gasteiger partial charge in [-0.3, -0.25) is 0 Å². The fourth-order valence-corrected chi connectivity index (χ4v) is 1.49. The molecular formula is C12H16ClF2NO. The lowest BCUT2D eigenvalue weighted by molar-refractivity contribution is 0.131. The fraction of sp³-hybridized carbons (Fsp3) is 0.500. The summed E-state index contributed by atoms with van der Waals surface area (Å²) in [6.07, 6.45) is -2.40. The van der Waals surface area contributed by atoms with E-state index in [-0.39, 0.29) is 6.10 Å². The highest BCUT2D eigenvalue weighted by Gasteiger charge is 2.14. The van der Waals surface area contributed by atoms with Crippen LogP contribution in [0.1, 0.15) is 20.8 Å². The van der Waals surface area contributed by atoms with Crippen molar-refractivity contribution in [3.05, 3.63) is 23.2 Å². The molecule has 96 valence electrons. The van der Waals surface area contributed by atoms with Crippen LogP contribution in [-0.2, 0) is 0 Å². The zero-order chi connectivity index (χ0) is 13.0. The molecule has 0 heterocycles. The standard InChI is InChI=1S/C12H16ClF2NO/c1-7(2)17-11-5-4-9(6-10(11)13)16-8(3)12(14)15/h4-8,12,16H,1-3H3. The molecule has 0 fully saturated rings. The zero-order valence-electron chi connectivity index (χ0n) is 10.0. The van der Waals surface area contributed by atoms with Crippen LogP contribution in [0.2, 0.25) is 5.02 Å². The monoisotopic (exact) mass is 263 g/mol. The minimum atomic E-state index is -2.42. The molecule has 0 aliphatic rings. The number of anilines is 1. The number of rotatable bonds is 5.